The minimum Gasteiger partial charge on any atom is -0.481 e. The molecule has 2 nitrogen and oxygen atoms in total. The second-order valence-corrected chi connectivity index (χ2v) is 6.76. The predicted molar refractivity (Wildman–Crippen MR) is 115 cm³/mol. The summed E-state index contributed by atoms with van der Waals surface area (Å²) in [4.78, 5) is 10.4. The zero-order chi connectivity index (χ0) is 19.1. The highest BCUT2D eigenvalue weighted by atomic mass is 16.4. The maximum Gasteiger partial charge on any atom is 0.303 e. The highest BCUT2D eigenvalue weighted by molar-refractivity contribution is 5.66. The van der Waals surface area contributed by atoms with Gasteiger partial charge in [0.1, 0.15) is 0 Å². The lowest BCUT2D eigenvalue weighted by Crippen LogP contribution is -1.93. The van der Waals surface area contributed by atoms with Gasteiger partial charge in [0.05, 0.1) is 0 Å². The number of rotatable bonds is 18. The van der Waals surface area contributed by atoms with E-state index in [1.165, 1.54) is 44.9 Å². The zero-order valence-electron chi connectivity index (χ0n) is 16.9. The number of hydrogen-bond donors (Lipinski definition) is 1. The van der Waals surface area contributed by atoms with Crippen LogP contribution in [0.25, 0.3) is 0 Å². The molecular formula is C24H40O2. The molecule has 0 rings (SSSR count). The van der Waals surface area contributed by atoms with Crippen molar-refractivity contribution < 1.29 is 9.90 Å². The normalized spacial score (nSPS) is 12.3. The molecule has 0 aliphatic rings. The van der Waals surface area contributed by atoms with Crippen LogP contribution in [0.1, 0.15) is 96.8 Å². The molecule has 2 heteroatoms. The fraction of sp³-hybridized carbons (Fsp3) is 0.625. The van der Waals surface area contributed by atoms with Crippen molar-refractivity contribution in [3.05, 3.63) is 48.6 Å². The molecule has 1 N–H and O–H groups in total. The van der Waals surface area contributed by atoms with Crippen LogP contribution < -0.4 is 0 Å². The van der Waals surface area contributed by atoms with Gasteiger partial charge in [0.15, 0.2) is 0 Å². The van der Waals surface area contributed by atoms with E-state index in [1.54, 1.807) is 0 Å². The minimum atomic E-state index is -0.666. The smallest absolute Gasteiger partial charge is 0.303 e. The van der Waals surface area contributed by atoms with Gasteiger partial charge >= 0.3 is 5.97 Å². The molecule has 0 aromatic heterocycles. The fourth-order valence-electron chi connectivity index (χ4n) is 2.70. The Morgan fingerprint density at radius 2 is 1.04 bits per heavy atom. The molecule has 0 amide bonds. The molecule has 0 aliphatic heterocycles. The SMILES string of the molecule is CCC=CCC=CCC=CCC=CCCCCCCCCCCC(=O)O. The molecule has 0 bridgehead atoms. The molecule has 148 valence electrons. The maximum absolute atomic E-state index is 10.4. The van der Waals surface area contributed by atoms with Crippen LogP contribution in [0.4, 0.5) is 0 Å². The summed E-state index contributed by atoms with van der Waals surface area (Å²) in [6, 6.07) is 0. The molecule has 0 fully saturated rings. The monoisotopic (exact) mass is 360 g/mol. The Morgan fingerprint density at radius 3 is 1.54 bits per heavy atom. The van der Waals surface area contributed by atoms with Gasteiger partial charge in [-0.1, -0.05) is 94.1 Å². The first-order chi connectivity index (χ1) is 12.8. The van der Waals surface area contributed by atoms with E-state index in [4.69, 9.17) is 5.11 Å². The summed E-state index contributed by atoms with van der Waals surface area (Å²) in [6.45, 7) is 2.16. The first-order valence-corrected chi connectivity index (χ1v) is 10.6. The highest BCUT2D eigenvalue weighted by Crippen LogP contribution is 2.11. The van der Waals surface area contributed by atoms with Gasteiger partial charge in [0, 0.05) is 6.42 Å². The number of hydrogen-bond acceptors (Lipinski definition) is 1. The molecule has 0 spiro atoms. The standard InChI is InChI=1S/C24H40O2/c1-2-3-4-5-6-7-8-9-10-11-12-13-14-15-16-17-18-19-20-21-22-23-24(25)26/h3-4,6-7,9-10,12-13H,2,5,8,11,14-23H2,1H3,(H,25,26). The van der Waals surface area contributed by atoms with Crippen LogP contribution in [0.2, 0.25) is 0 Å². The van der Waals surface area contributed by atoms with Crippen LogP contribution in [0.15, 0.2) is 48.6 Å². The molecule has 0 aromatic rings. The van der Waals surface area contributed by atoms with Gasteiger partial charge in [-0.3, -0.25) is 4.79 Å². The number of aliphatic carboxylic acids is 1. The molecule has 0 aromatic carbocycles. The Hall–Kier alpha value is -1.57. The molecular weight excluding hydrogens is 320 g/mol. The average molecular weight is 361 g/mol. The Kier molecular flexibility index (Phi) is 20.2. The van der Waals surface area contributed by atoms with E-state index in [9.17, 15) is 4.79 Å². The van der Waals surface area contributed by atoms with Gasteiger partial charge < -0.3 is 5.11 Å². The van der Waals surface area contributed by atoms with Gasteiger partial charge in [-0.2, -0.15) is 0 Å². The van der Waals surface area contributed by atoms with Crippen LogP contribution in [-0.4, -0.2) is 11.1 Å². The third-order valence-electron chi connectivity index (χ3n) is 4.23. The maximum atomic E-state index is 10.4. The number of carboxylic acid groups (broad SMARTS) is 1. The largest absolute Gasteiger partial charge is 0.481 e. The summed E-state index contributed by atoms with van der Waals surface area (Å²) in [6.07, 6.45) is 33.2. The Bertz CT molecular complexity index is 416. The van der Waals surface area contributed by atoms with E-state index in [2.05, 4.69) is 55.5 Å². The van der Waals surface area contributed by atoms with E-state index in [1.807, 2.05) is 0 Å². The average Bonchev–Trinajstić information content (AvgIpc) is 2.62. The lowest BCUT2D eigenvalue weighted by atomic mass is 10.1. The van der Waals surface area contributed by atoms with Gasteiger partial charge in [0.2, 0.25) is 0 Å². The Morgan fingerprint density at radius 1 is 0.615 bits per heavy atom. The van der Waals surface area contributed by atoms with E-state index < -0.39 is 5.97 Å². The topological polar surface area (TPSA) is 37.3 Å². The fourth-order valence-corrected chi connectivity index (χ4v) is 2.70. The quantitative estimate of drug-likeness (QED) is 0.200. The van der Waals surface area contributed by atoms with E-state index >= 15 is 0 Å². The molecule has 0 unspecified atom stereocenters. The summed E-state index contributed by atoms with van der Waals surface area (Å²) >= 11 is 0. The van der Waals surface area contributed by atoms with Crippen LogP contribution >= 0.6 is 0 Å². The number of carboxylic acids is 1. The second kappa shape index (κ2) is 21.5. The van der Waals surface area contributed by atoms with Crippen molar-refractivity contribution in [2.75, 3.05) is 0 Å². The molecule has 0 saturated heterocycles. The van der Waals surface area contributed by atoms with Crippen molar-refractivity contribution in [3.8, 4) is 0 Å². The number of unbranched alkanes of at least 4 members (excludes halogenated alkanes) is 8. The molecule has 0 saturated carbocycles. The summed E-state index contributed by atoms with van der Waals surface area (Å²) in [5, 5.41) is 8.56. The van der Waals surface area contributed by atoms with Crippen molar-refractivity contribution in [3.63, 3.8) is 0 Å². The van der Waals surface area contributed by atoms with Gasteiger partial charge in [-0.25, -0.2) is 0 Å². The van der Waals surface area contributed by atoms with Crippen molar-refractivity contribution in [1.29, 1.82) is 0 Å². The van der Waals surface area contributed by atoms with Crippen LogP contribution in [0.3, 0.4) is 0 Å². The van der Waals surface area contributed by atoms with Gasteiger partial charge in [-0.15, -0.1) is 0 Å². The van der Waals surface area contributed by atoms with Crippen molar-refractivity contribution in [2.24, 2.45) is 0 Å². The summed E-state index contributed by atoms with van der Waals surface area (Å²) in [5.74, 6) is -0.666. The molecule has 0 aliphatic carbocycles. The summed E-state index contributed by atoms with van der Waals surface area (Å²) < 4.78 is 0. The van der Waals surface area contributed by atoms with Crippen LogP contribution in [-0.2, 0) is 4.79 Å². The first kappa shape index (κ1) is 24.4. The van der Waals surface area contributed by atoms with Gasteiger partial charge in [0.25, 0.3) is 0 Å². The predicted octanol–water partition coefficient (Wildman–Crippen LogP) is 7.78. The third-order valence-corrected chi connectivity index (χ3v) is 4.23. The first-order valence-electron chi connectivity index (χ1n) is 10.6. The summed E-state index contributed by atoms with van der Waals surface area (Å²) in [7, 11) is 0. The number of allylic oxidation sites excluding steroid dienone is 8. The molecule has 0 atom stereocenters. The van der Waals surface area contributed by atoms with Crippen LogP contribution in [0.5, 0.6) is 0 Å². The van der Waals surface area contributed by atoms with Crippen molar-refractivity contribution >= 4 is 5.97 Å². The lowest BCUT2D eigenvalue weighted by Gasteiger charge is -2.00. The van der Waals surface area contributed by atoms with Crippen molar-refractivity contribution in [1.82, 2.24) is 0 Å². The van der Waals surface area contributed by atoms with Crippen LogP contribution in [0, 0.1) is 0 Å². The highest BCUT2D eigenvalue weighted by Gasteiger charge is 1.96. The Balaban J connectivity index is 3.27. The zero-order valence-corrected chi connectivity index (χ0v) is 16.9. The Labute approximate surface area is 161 Å². The number of carbonyl (C=O) groups is 1. The lowest BCUT2D eigenvalue weighted by molar-refractivity contribution is -0.137. The van der Waals surface area contributed by atoms with Gasteiger partial charge in [-0.05, 0) is 44.9 Å². The minimum absolute atomic E-state index is 0.328. The second-order valence-electron chi connectivity index (χ2n) is 6.76. The molecule has 26 heavy (non-hydrogen) atoms. The van der Waals surface area contributed by atoms with E-state index in [0.29, 0.717) is 6.42 Å². The van der Waals surface area contributed by atoms with E-state index in [0.717, 1.165) is 38.5 Å². The third kappa shape index (κ3) is 22.4. The molecule has 0 radical (unpaired) electrons. The molecule has 0 heterocycles. The van der Waals surface area contributed by atoms with Crippen molar-refractivity contribution in [2.45, 2.75) is 96.8 Å². The summed E-state index contributed by atoms with van der Waals surface area (Å²) in [5.41, 5.74) is 0. The van der Waals surface area contributed by atoms with E-state index in [-0.39, 0.29) is 0 Å².